The zero-order chi connectivity index (χ0) is 16.8. The molecule has 1 saturated heterocycles. The molecule has 2 fully saturated rings. The van der Waals surface area contributed by atoms with Gasteiger partial charge in [-0.3, -0.25) is 4.90 Å². The normalized spacial score (nSPS) is 31.1. The third kappa shape index (κ3) is 3.07. The van der Waals surface area contributed by atoms with E-state index in [0.717, 1.165) is 12.1 Å². The van der Waals surface area contributed by atoms with Gasteiger partial charge in [0.1, 0.15) is 11.5 Å². The second-order valence-corrected chi connectivity index (χ2v) is 8.56. The molecule has 0 radical (unpaired) electrons. The first-order chi connectivity index (χ1) is 10.8. The highest BCUT2D eigenvalue weighted by atomic mass is 16.5. The number of nitrogens with zero attached hydrogens (tertiary/aromatic N) is 1. The van der Waals surface area contributed by atoms with E-state index in [1.165, 1.54) is 19.3 Å². The first kappa shape index (κ1) is 16.6. The van der Waals surface area contributed by atoms with Crippen molar-refractivity contribution in [1.82, 2.24) is 4.90 Å². The number of hydrogen-bond acceptors (Lipinski definition) is 4. The minimum atomic E-state index is 0.0710. The lowest BCUT2D eigenvalue weighted by molar-refractivity contribution is 0.118. The molecular formula is C19H30N2O2. The number of hydrogen-bond donors (Lipinski definition) is 2. The fourth-order valence-corrected chi connectivity index (χ4v) is 5.24. The van der Waals surface area contributed by atoms with Gasteiger partial charge in [-0.2, -0.15) is 0 Å². The Balaban J connectivity index is 1.90. The molecule has 3 rings (SSSR count). The highest BCUT2D eigenvalue weighted by molar-refractivity contribution is 5.42. The van der Waals surface area contributed by atoms with E-state index in [2.05, 4.69) is 25.7 Å². The van der Waals surface area contributed by atoms with Crippen LogP contribution < -0.4 is 10.5 Å². The molecule has 1 aromatic carbocycles. The van der Waals surface area contributed by atoms with Crippen LogP contribution in [0.25, 0.3) is 0 Å². The molecule has 1 aromatic rings. The number of nitrogens with two attached hydrogens (primary N) is 1. The fourth-order valence-electron chi connectivity index (χ4n) is 5.24. The number of ether oxygens (including phenoxy) is 1. The Morgan fingerprint density at radius 3 is 2.70 bits per heavy atom. The van der Waals surface area contributed by atoms with E-state index >= 15 is 0 Å². The molecule has 3 atom stereocenters. The lowest BCUT2D eigenvalue weighted by atomic mass is 9.65. The molecule has 1 heterocycles. The number of fused-ring (bicyclic) bond motifs is 2. The van der Waals surface area contributed by atoms with Crippen molar-refractivity contribution in [2.24, 2.45) is 16.6 Å². The van der Waals surface area contributed by atoms with Crippen LogP contribution in [0, 0.1) is 10.8 Å². The Labute approximate surface area is 139 Å². The van der Waals surface area contributed by atoms with Gasteiger partial charge in [0.25, 0.3) is 0 Å². The summed E-state index contributed by atoms with van der Waals surface area (Å²) in [6.07, 6.45) is 3.71. The van der Waals surface area contributed by atoms with Gasteiger partial charge >= 0.3 is 0 Å². The second-order valence-electron chi connectivity index (χ2n) is 8.56. The Kier molecular flexibility index (Phi) is 4.09. The first-order valence-corrected chi connectivity index (χ1v) is 8.60. The second kappa shape index (κ2) is 5.67. The average Bonchev–Trinajstić information content (AvgIpc) is 2.70. The van der Waals surface area contributed by atoms with Crippen molar-refractivity contribution >= 4 is 0 Å². The monoisotopic (exact) mass is 318 g/mol. The Morgan fingerprint density at radius 1 is 1.35 bits per heavy atom. The van der Waals surface area contributed by atoms with Crippen molar-refractivity contribution in [3.8, 4) is 11.5 Å². The Bertz CT molecular complexity index is 587. The summed E-state index contributed by atoms with van der Waals surface area (Å²) in [5, 5.41) is 10.4. The van der Waals surface area contributed by atoms with Gasteiger partial charge in [0.15, 0.2) is 0 Å². The zero-order valence-corrected chi connectivity index (χ0v) is 14.8. The van der Waals surface area contributed by atoms with Crippen molar-refractivity contribution in [1.29, 1.82) is 0 Å². The molecular weight excluding hydrogens is 288 g/mol. The molecule has 1 aliphatic carbocycles. The minimum Gasteiger partial charge on any atom is -0.507 e. The number of methoxy groups -OCH3 is 1. The Morgan fingerprint density at radius 2 is 2.09 bits per heavy atom. The SMILES string of the molecule is COc1ccc(C(CN)N2CC3(C)CC2CC(C)(C)C3)c(O)c1. The molecule has 2 aliphatic rings. The summed E-state index contributed by atoms with van der Waals surface area (Å²) in [6.45, 7) is 8.75. The standard InChI is InChI=1S/C19H30N2O2/c1-18(2)8-13-9-19(3,11-18)12-21(13)16(10-20)15-6-5-14(23-4)7-17(15)22/h5-7,13,16,22H,8-12,20H2,1-4H3. The Hall–Kier alpha value is -1.26. The van der Waals surface area contributed by atoms with Gasteiger partial charge in [0, 0.05) is 30.8 Å². The van der Waals surface area contributed by atoms with E-state index in [-0.39, 0.29) is 11.8 Å². The number of phenols is 1. The quantitative estimate of drug-likeness (QED) is 0.894. The highest BCUT2D eigenvalue weighted by Gasteiger charge is 2.51. The van der Waals surface area contributed by atoms with Gasteiger partial charge in [-0.15, -0.1) is 0 Å². The number of aromatic hydroxyl groups is 1. The predicted octanol–water partition coefficient (Wildman–Crippen LogP) is 3.30. The molecule has 128 valence electrons. The van der Waals surface area contributed by atoms with Gasteiger partial charge in [-0.1, -0.05) is 26.8 Å². The van der Waals surface area contributed by atoms with Crippen LogP contribution in [0.2, 0.25) is 0 Å². The minimum absolute atomic E-state index is 0.0710. The smallest absolute Gasteiger partial charge is 0.124 e. The maximum absolute atomic E-state index is 10.4. The molecule has 0 aromatic heterocycles. The molecule has 4 heteroatoms. The maximum Gasteiger partial charge on any atom is 0.124 e. The van der Waals surface area contributed by atoms with E-state index in [0.29, 0.717) is 29.2 Å². The first-order valence-electron chi connectivity index (χ1n) is 8.60. The van der Waals surface area contributed by atoms with Gasteiger partial charge < -0.3 is 15.6 Å². The van der Waals surface area contributed by atoms with Crippen LogP contribution in [0.1, 0.15) is 51.6 Å². The fraction of sp³-hybridized carbons (Fsp3) is 0.684. The topological polar surface area (TPSA) is 58.7 Å². The molecule has 0 amide bonds. The summed E-state index contributed by atoms with van der Waals surface area (Å²) in [6, 6.07) is 6.18. The predicted molar refractivity (Wildman–Crippen MR) is 92.7 cm³/mol. The lowest BCUT2D eigenvalue weighted by Crippen LogP contribution is -2.39. The van der Waals surface area contributed by atoms with Crippen LogP contribution >= 0.6 is 0 Å². The van der Waals surface area contributed by atoms with Gasteiger partial charge in [0.05, 0.1) is 13.2 Å². The lowest BCUT2D eigenvalue weighted by Gasteiger charge is -2.40. The van der Waals surface area contributed by atoms with Crippen molar-refractivity contribution in [3.05, 3.63) is 23.8 Å². The molecule has 0 spiro atoms. The third-order valence-electron chi connectivity index (χ3n) is 5.68. The van der Waals surface area contributed by atoms with E-state index in [1.807, 2.05) is 12.1 Å². The van der Waals surface area contributed by atoms with Crippen LogP contribution in [0.4, 0.5) is 0 Å². The van der Waals surface area contributed by atoms with Crippen LogP contribution in [-0.4, -0.2) is 36.2 Å². The number of phenolic OH excluding ortho intramolecular Hbond substituents is 1. The number of rotatable bonds is 4. The van der Waals surface area contributed by atoms with Gasteiger partial charge in [0.2, 0.25) is 0 Å². The molecule has 4 nitrogen and oxygen atoms in total. The van der Waals surface area contributed by atoms with Gasteiger partial charge in [-0.25, -0.2) is 0 Å². The number of benzene rings is 1. The van der Waals surface area contributed by atoms with Crippen LogP contribution in [0.3, 0.4) is 0 Å². The van der Waals surface area contributed by atoms with Crippen LogP contribution in [0.15, 0.2) is 18.2 Å². The average molecular weight is 318 g/mol. The van der Waals surface area contributed by atoms with Gasteiger partial charge in [-0.05, 0) is 36.2 Å². The summed E-state index contributed by atoms with van der Waals surface area (Å²) < 4.78 is 5.20. The van der Waals surface area contributed by atoms with Crippen LogP contribution in [0.5, 0.6) is 11.5 Å². The maximum atomic E-state index is 10.4. The van der Waals surface area contributed by atoms with E-state index in [4.69, 9.17) is 10.5 Å². The summed E-state index contributed by atoms with van der Waals surface area (Å²) in [5.74, 6) is 0.959. The summed E-state index contributed by atoms with van der Waals surface area (Å²) in [4.78, 5) is 2.54. The molecule has 1 saturated carbocycles. The molecule has 3 N–H and O–H groups in total. The molecule has 1 aliphatic heterocycles. The summed E-state index contributed by atoms with van der Waals surface area (Å²) in [7, 11) is 1.61. The molecule has 3 unspecified atom stereocenters. The van der Waals surface area contributed by atoms with Crippen molar-refractivity contribution in [2.75, 3.05) is 20.2 Å². The molecule has 23 heavy (non-hydrogen) atoms. The van der Waals surface area contributed by atoms with Crippen molar-refractivity contribution in [2.45, 2.75) is 52.1 Å². The zero-order valence-electron chi connectivity index (χ0n) is 14.8. The highest BCUT2D eigenvalue weighted by Crippen LogP contribution is 2.54. The van der Waals surface area contributed by atoms with E-state index < -0.39 is 0 Å². The largest absolute Gasteiger partial charge is 0.507 e. The van der Waals surface area contributed by atoms with Crippen molar-refractivity contribution < 1.29 is 9.84 Å². The van der Waals surface area contributed by atoms with Crippen molar-refractivity contribution in [3.63, 3.8) is 0 Å². The number of likely N-dealkylation sites (tertiary alicyclic amines) is 1. The van der Waals surface area contributed by atoms with Crippen LogP contribution in [-0.2, 0) is 0 Å². The van der Waals surface area contributed by atoms with E-state index in [9.17, 15) is 5.11 Å². The third-order valence-corrected chi connectivity index (χ3v) is 5.68. The van der Waals surface area contributed by atoms with E-state index in [1.54, 1.807) is 13.2 Å². The summed E-state index contributed by atoms with van der Waals surface area (Å²) in [5.41, 5.74) is 7.80. The molecule has 2 bridgehead atoms. The summed E-state index contributed by atoms with van der Waals surface area (Å²) >= 11 is 0.